The molecule has 2 aliphatic rings. The average Bonchev–Trinajstić information content (AvgIpc) is 3.14. The molecule has 1 aliphatic carbocycles. The van der Waals surface area contributed by atoms with Crippen LogP contribution < -0.4 is 5.32 Å². The van der Waals surface area contributed by atoms with Crippen LogP contribution in [0.1, 0.15) is 46.5 Å². The van der Waals surface area contributed by atoms with Crippen LogP contribution in [0, 0.1) is 5.92 Å². The Labute approximate surface area is 106 Å². The van der Waals surface area contributed by atoms with E-state index in [1.807, 2.05) is 0 Å². The Morgan fingerprint density at radius 3 is 2.76 bits per heavy atom. The van der Waals surface area contributed by atoms with Gasteiger partial charge < -0.3 is 5.32 Å². The van der Waals surface area contributed by atoms with Crippen LogP contribution >= 0.6 is 0 Å². The van der Waals surface area contributed by atoms with E-state index < -0.39 is 0 Å². The summed E-state index contributed by atoms with van der Waals surface area (Å²) in [6, 6.07) is 0.739. The molecule has 0 amide bonds. The first-order valence-corrected chi connectivity index (χ1v) is 7.30. The van der Waals surface area contributed by atoms with Gasteiger partial charge in [0, 0.05) is 31.2 Å². The fraction of sp³-hybridized carbons (Fsp3) is 0.867. The van der Waals surface area contributed by atoms with Crippen molar-refractivity contribution in [3.05, 3.63) is 12.2 Å². The Hall–Kier alpha value is -0.340. The number of piperazine rings is 1. The van der Waals surface area contributed by atoms with Crippen LogP contribution in [0.2, 0.25) is 0 Å². The fourth-order valence-corrected chi connectivity index (χ4v) is 3.15. The first kappa shape index (κ1) is 13.1. The van der Waals surface area contributed by atoms with E-state index >= 15 is 0 Å². The summed E-state index contributed by atoms with van der Waals surface area (Å²) in [5.41, 5.74) is 0.381. The summed E-state index contributed by atoms with van der Waals surface area (Å²) in [7, 11) is 0. The molecule has 1 saturated carbocycles. The van der Waals surface area contributed by atoms with E-state index in [1.54, 1.807) is 0 Å². The van der Waals surface area contributed by atoms with E-state index in [4.69, 9.17) is 0 Å². The summed E-state index contributed by atoms with van der Waals surface area (Å²) in [5.74, 6) is 0.929. The van der Waals surface area contributed by atoms with Crippen LogP contribution in [0.15, 0.2) is 12.2 Å². The first-order valence-electron chi connectivity index (χ1n) is 7.30. The minimum absolute atomic E-state index is 0.381. The van der Waals surface area contributed by atoms with Crippen LogP contribution in [0.25, 0.3) is 0 Å². The van der Waals surface area contributed by atoms with Crippen LogP contribution in [0.4, 0.5) is 0 Å². The fourth-order valence-electron chi connectivity index (χ4n) is 3.15. The van der Waals surface area contributed by atoms with Crippen molar-refractivity contribution < 1.29 is 0 Å². The third-order valence-corrected chi connectivity index (χ3v) is 4.47. The van der Waals surface area contributed by atoms with E-state index in [9.17, 15) is 0 Å². The normalized spacial score (nSPS) is 35.6. The third kappa shape index (κ3) is 3.11. The Morgan fingerprint density at radius 2 is 2.18 bits per heavy atom. The summed E-state index contributed by atoms with van der Waals surface area (Å²) in [6.07, 6.45) is 9.96. The lowest BCUT2D eigenvalue weighted by Crippen LogP contribution is -2.63. The van der Waals surface area contributed by atoms with Gasteiger partial charge in [0.15, 0.2) is 0 Å². The van der Waals surface area contributed by atoms with Crippen LogP contribution in [0.5, 0.6) is 0 Å². The maximum absolute atomic E-state index is 3.83. The second-order valence-electron chi connectivity index (χ2n) is 6.01. The minimum Gasteiger partial charge on any atom is -0.308 e. The van der Waals surface area contributed by atoms with Crippen molar-refractivity contribution in [3.63, 3.8) is 0 Å². The lowest BCUT2D eigenvalue weighted by atomic mass is 9.90. The molecule has 1 saturated heterocycles. The van der Waals surface area contributed by atoms with E-state index in [2.05, 4.69) is 43.1 Å². The zero-order chi connectivity index (χ0) is 12.3. The summed E-state index contributed by atoms with van der Waals surface area (Å²) < 4.78 is 0. The van der Waals surface area contributed by atoms with Crippen molar-refractivity contribution in [2.45, 2.75) is 58.0 Å². The summed E-state index contributed by atoms with van der Waals surface area (Å²) in [4.78, 5) is 2.69. The summed E-state index contributed by atoms with van der Waals surface area (Å²) >= 11 is 0. The molecule has 1 N–H and O–H groups in total. The molecule has 2 unspecified atom stereocenters. The smallest absolute Gasteiger partial charge is 0.0309 e. The monoisotopic (exact) mass is 236 g/mol. The molecule has 2 nitrogen and oxygen atoms in total. The molecule has 1 heterocycles. The highest BCUT2D eigenvalue weighted by molar-refractivity contribution is 5.05. The molecule has 0 spiro atoms. The molecule has 0 aromatic rings. The second kappa shape index (κ2) is 5.53. The molecule has 0 aromatic carbocycles. The topological polar surface area (TPSA) is 15.3 Å². The van der Waals surface area contributed by atoms with Gasteiger partial charge in [-0.25, -0.2) is 0 Å². The zero-order valence-corrected chi connectivity index (χ0v) is 11.7. The SMILES string of the molecule is C/C=C/CN1CC(C)(C2CC2)NCC1CCC. The maximum Gasteiger partial charge on any atom is 0.0309 e. The van der Waals surface area contributed by atoms with Gasteiger partial charge in [-0.2, -0.15) is 0 Å². The number of nitrogens with zero attached hydrogens (tertiary/aromatic N) is 1. The quantitative estimate of drug-likeness (QED) is 0.738. The van der Waals surface area contributed by atoms with Crippen LogP contribution in [0.3, 0.4) is 0 Å². The highest BCUT2D eigenvalue weighted by Gasteiger charge is 2.45. The van der Waals surface area contributed by atoms with Crippen molar-refractivity contribution >= 4 is 0 Å². The van der Waals surface area contributed by atoms with Gasteiger partial charge in [0.1, 0.15) is 0 Å². The van der Waals surface area contributed by atoms with E-state index in [1.165, 1.54) is 38.8 Å². The molecule has 2 fully saturated rings. The van der Waals surface area contributed by atoms with Gasteiger partial charge in [-0.1, -0.05) is 25.5 Å². The number of nitrogens with one attached hydrogen (secondary N) is 1. The van der Waals surface area contributed by atoms with Crippen molar-refractivity contribution in [2.75, 3.05) is 19.6 Å². The Balaban J connectivity index is 1.98. The molecule has 0 aromatic heterocycles. The largest absolute Gasteiger partial charge is 0.308 e. The predicted octanol–water partition coefficient (Wildman–Crippen LogP) is 2.81. The molecule has 2 rings (SSSR count). The highest BCUT2D eigenvalue weighted by atomic mass is 15.3. The predicted molar refractivity (Wildman–Crippen MR) is 74.2 cm³/mol. The van der Waals surface area contributed by atoms with Crippen molar-refractivity contribution in [1.29, 1.82) is 0 Å². The molecule has 0 bridgehead atoms. The Bertz CT molecular complexity index is 270. The lowest BCUT2D eigenvalue weighted by molar-refractivity contribution is 0.0805. The molecule has 98 valence electrons. The molecule has 2 heteroatoms. The van der Waals surface area contributed by atoms with Crippen LogP contribution in [-0.4, -0.2) is 36.1 Å². The summed E-state index contributed by atoms with van der Waals surface area (Å²) in [5, 5.41) is 3.83. The van der Waals surface area contributed by atoms with E-state index in [-0.39, 0.29) is 0 Å². The van der Waals surface area contributed by atoms with Crippen molar-refractivity contribution in [3.8, 4) is 0 Å². The molecule has 0 radical (unpaired) electrons. The van der Waals surface area contributed by atoms with E-state index in [0.717, 1.165) is 18.5 Å². The Kier molecular flexibility index (Phi) is 4.26. The number of allylic oxidation sites excluding steroid dienone is 1. The number of hydrogen-bond donors (Lipinski definition) is 1. The van der Waals surface area contributed by atoms with Gasteiger partial charge in [-0.3, -0.25) is 4.90 Å². The summed E-state index contributed by atoms with van der Waals surface area (Å²) in [6.45, 7) is 10.4. The zero-order valence-electron chi connectivity index (χ0n) is 11.7. The molecular formula is C15H28N2. The molecule has 1 aliphatic heterocycles. The van der Waals surface area contributed by atoms with Gasteiger partial charge in [-0.15, -0.1) is 0 Å². The Morgan fingerprint density at radius 1 is 1.41 bits per heavy atom. The second-order valence-corrected chi connectivity index (χ2v) is 6.01. The van der Waals surface area contributed by atoms with Gasteiger partial charge in [-0.05, 0) is 39.0 Å². The lowest BCUT2D eigenvalue weighted by Gasteiger charge is -2.46. The third-order valence-electron chi connectivity index (χ3n) is 4.47. The minimum atomic E-state index is 0.381. The molecule has 2 atom stereocenters. The molecule has 17 heavy (non-hydrogen) atoms. The van der Waals surface area contributed by atoms with Gasteiger partial charge in [0.05, 0.1) is 0 Å². The molecular weight excluding hydrogens is 208 g/mol. The van der Waals surface area contributed by atoms with Gasteiger partial charge >= 0.3 is 0 Å². The highest BCUT2D eigenvalue weighted by Crippen LogP contribution is 2.41. The average molecular weight is 236 g/mol. The van der Waals surface area contributed by atoms with Gasteiger partial charge in [0.25, 0.3) is 0 Å². The first-order chi connectivity index (χ1) is 8.19. The van der Waals surface area contributed by atoms with Gasteiger partial charge in [0.2, 0.25) is 0 Å². The van der Waals surface area contributed by atoms with Crippen molar-refractivity contribution in [1.82, 2.24) is 10.2 Å². The van der Waals surface area contributed by atoms with E-state index in [0.29, 0.717) is 5.54 Å². The standard InChI is InChI=1S/C15H28N2/c1-4-6-10-17-12-15(3,13-8-9-13)16-11-14(17)7-5-2/h4,6,13-14,16H,5,7-12H2,1-3H3/b6-4+. The number of hydrogen-bond acceptors (Lipinski definition) is 2. The van der Waals surface area contributed by atoms with Crippen LogP contribution in [-0.2, 0) is 0 Å². The number of rotatable bonds is 5. The maximum atomic E-state index is 3.83. The van der Waals surface area contributed by atoms with Crippen molar-refractivity contribution in [2.24, 2.45) is 5.92 Å².